The van der Waals surface area contributed by atoms with Crippen LogP contribution in [-0.2, 0) is 6.54 Å². The third-order valence-corrected chi connectivity index (χ3v) is 2.75. The summed E-state index contributed by atoms with van der Waals surface area (Å²) >= 11 is 1.66. The second-order valence-corrected chi connectivity index (χ2v) is 4.27. The molecular weight excluding hydrogens is 196 g/mol. The van der Waals surface area contributed by atoms with Gasteiger partial charge >= 0.3 is 0 Å². The Morgan fingerprint density at radius 3 is 3.00 bits per heavy atom. The lowest BCUT2D eigenvalue weighted by Gasteiger charge is -1.93. The van der Waals surface area contributed by atoms with Gasteiger partial charge in [0.05, 0.1) is 5.69 Å². The Balaban J connectivity index is 2.24. The van der Waals surface area contributed by atoms with E-state index in [2.05, 4.69) is 15.3 Å². The Bertz CT molecular complexity index is 418. The summed E-state index contributed by atoms with van der Waals surface area (Å²) in [5.74, 6) is 0. The first-order chi connectivity index (χ1) is 6.79. The molecule has 14 heavy (non-hydrogen) atoms. The molecule has 74 valence electrons. The Morgan fingerprint density at radius 2 is 2.36 bits per heavy atom. The predicted octanol–water partition coefficient (Wildman–Crippen LogP) is 1.36. The minimum Gasteiger partial charge on any atom is -0.314 e. The summed E-state index contributed by atoms with van der Waals surface area (Å²) in [6, 6.07) is 0. The van der Waals surface area contributed by atoms with Crippen LogP contribution in [0.3, 0.4) is 0 Å². The molecule has 5 heteroatoms. The number of nitrogens with one attached hydrogen (secondary N) is 1. The van der Waals surface area contributed by atoms with Crippen molar-refractivity contribution in [2.75, 3.05) is 7.05 Å². The van der Waals surface area contributed by atoms with Crippen molar-refractivity contribution in [1.29, 1.82) is 0 Å². The summed E-state index contributed by atoms with van der Waals surface area (Å²) in [4.78, 5) is 9.75. The van der Waals surface area contributed by atoms with Crippen LogP contribution in [0.5, 0.6) is 0 Å². The van der Waals surface area contributed by atoms with E-state index in [1.54, 1.807) is 17.7 Å². The van der Waals surface area contributed by atoms with Crippen LogP contribution in [0.25, 0.3) is 5.13 Å². The third kappa shape index (κ3) is 1.83. The summed E-state index contributed by atoms with van der Waals surface area (Å²) in [7, 11) is 1.91. The molecule has 0 bridgehead atoms. The average molecular weight is 208 g/mol. The summed E-state index contributed by atoms with van der Waals surface area (Å²) in [5, 5.41) is 4.03. The summed E-state index contributed by atoms with van der Waals surface area (Å²) in [5.41, 5.74) is 1.03. The van der Waals surface area contributed by atoms with Crippen molar-refractivity contribution in [1.82, 2.24) is 19.9 Å². The highest BCUT2D eigenvalue weighted by Gasteiger charge is 2.02. The molecule has 0 aromatic carbocycles. The first kappa shape index (κ1) is 9.36. The SMILES string of the molecule is CNCc1cn(-c2ncc(C)s2)cn1. The molecule has 0 radical (unpaired) electrons. The Labute approximate surface area is 86.6 Å². The van der Waals surface area contributed by atoms with Gasteiger partial charge in [-0.25, -0.2) is 9.97 Å². The number of aromatic nitrogens is 3. The van der Waals surface area contributed by atoms with Gasteiger partial charge in [-0.2, -0.15) is 0 Å². The fourth-order valence-corrected chi connectivity index (χ4v) is 1.91. The fraction of sp³-hybridized carbons (Fsp3) is 0.333. The molecule has 0 saturated carbocycles. The van der Waals surface area contributed by atoms with Gasteiger partial charge < -0.3 is 5.32 Å². The molecule has 2 aromatic heterocycles. The zero-order valence-corrected chi connectivity index (χ0v) is 9.01. The predicted molar refractivity (Wildman–Crippen MR) is 56.7 cm³/mol. The number of imidazole rings is 1. The van der Waals surface area contributed by atoms with Crippen molar-refractivity contribution >= 4 is 11.3 Å². The first-order valence-corrected chi connectivity index (χ1v) is 5.21. The van der Waals surface area contributed by atoms with Crippen LogP contribution in [0.15, 0.2) is 18.7 Å². The van der Waals surface area contributed by atoms with Crippen LogP contribution in [0.2, 0.25) is 0 Å². The fourth-order valence-electron chi connectivity index (χ4n) is 1.20. The minimum absolute atomic E-state index is 0.789. The van der Waals surface area contributed by atoms with E-state index < -0.39 is 0 Å². The maximum Gasteiger partial charge on any atom is 0.194 e. The molecule has 0 aliphatic heterocycles. The second kappa shape index (κ2) is 3.89. The quantitative estimate of drug-likeness (QED) is 0.828. The first-order valence-electron chi connectivity index (χ1n) is 4.40. The Kier molecular flexibility index (Phi) is 2.60. The van der Waals surface area contributed by atoms with Crippen LogP contribution in [0.1, 0.15) is 10.6 Å². The molecule has 4 nitrogen and oxygen atoms in total. The molecule has 0 aliphatic carbocycles. The van der Waals surface area contributed by atoms with Crippen molar-refractivity contribution in [3.63, 3.8) is 0 Å². The van der Waals surface area contributed by atoms with E-state index in [-0.39, 0.29) is 0 Å². The zero-order chi connectivity index (χ0) is 9.97. The smallest absolute Gasteiger partial charge is 0.194 e. The monoisotopic (exact) mass is 208 g/mol. The molecule has 2 aromatic rings. The van der Waals surface area contributed by atoms with Gasteiger partial charge in [0.2, 0.25) is 0 Å². The van der Waals surface area contributed by atoms with E-state index in [0.717, 1.165) is 17.4 Å². The molecular formula is C9H12N4S. The number of aryl methyl sites for hydroxylation is 1. The van der Waals surface area contributed by atoms with Crippen molar-refractivity contribution in [2.24, 2.45) is 0 Å². The molecule has 1 N–H and O–H groups in total. The molecule has 0 fully saturated rings. The van der Waals surface area contributed by atoms with E-state index in [1.807, 2.05) is 30.9 Å². The van der Waals surface area contributed by atoms with Gasteiger partial charge in [0.25, 0.3) is 0 Å². The number of nitrogens with zero attached hydrogens (tertiary/aromatic N) is 3. The topological polar surface area (TPSA) is 42.7 Å². The molecule has 2 rings (SSSR count). The van der Waals surface area contributed by atoms with Crippen LogP contribution < -0.4 is 5.32 Å². The normalized spacial score (nSPS) is 10.7. The number of hydrogen-bond acceptors (Lipinski definition) is 4. The summed E-state index contributed by atoms with van der Waals surface area (Å²) in [6.07, 6.45) is 5.66. The molecule has 0 saturated heterocycles. The van der Waals surface area contributed by atoms with Crippen molar-refractivity contribution in [2.45, 2.75) is 13.5 Å². The zero-order valence-electron chi connectivity index (χ0n) is 8.19. The molecule has 2 heterocycles. The van der Waals surface area contributed by atoms with Crippen molar-refractivity contribution < 1.29 is 0 Å². The molecule has 0 atom stereocenters. The van der Waals surface area contributed by atoms with Gasteiger partial charge in [0.1, 0.15) is 6.33 Å². The minimum atomic E-state index is 0.789. The van der Waals surface area contributed by atoms with Gasteiger partial charge in [0, 0.05) is 23.8 Å². The number of hydrogen-bond donors (Lipinski definition) is 1. The third-order valence-electron chi connectivity index (χ3n) is 1.82. The highest BCUT2D eigenvalue weighted by molar-refractivity contribution is 7.13. The van der Waals surface area contributed by atoms with Crippen molar-refractivity contribution in [3.05, 3.63) is 29.3 Å². The molecule has 0 aliphatic rings. The standard InChI is InChI=1S/C9H12N4S/c1-7-3-11-9(14-7)13-5-8(4-10-2)12-6-13/h3,5-6,10H,4H2,1-2H3. The largest absolute Gasteiger partial charge is 0.314 e. The van der Waals surface area contributed by atoms with Crippen LogP contribution in [0, 0.1) is 6.92 Å². The van der Waals surface area contributed by atoms with Crippen LogP contribution in [-0.4, -0.2) is 21.6 Å². The van der Waals surface area contributed by atoms with E-state index in [4.69, 9.17) is 0 Å². The molecule has 0 amide bonds. The van der Waals surface area contributed by atoms with Gasteiger partial charge in [-0.3, -0.25) is 4.57 Å². The van der Waals surface area contributed by atoms with Crippen molar-refractivity contribution in [3.8, 4) is 5.13 Å². The van der Waals surface area contributed by atoms with E-state index in [0.29, 0.717) is 0 Å². The lowest BCUT2D eigenvalue weighted by atomic mass is 10.5. The summed E-state index contributed by atoms with van der Waals surface area (Å²) in [6.45, 7) is 2.84. The Morgan fingerprint density at radius 1 is 1.50 bits per heavy atom. The molecule has 0 spiro atoms. The highest BCUT2D eigenvalue weighted by atomic mass is 32.1. The average Bonchev–Trinajstić information content (AvgIpc) is 2.74. The van der Waals surface area contributed by atoms with Crippen LogP contribution in [0.4, 0.5) is 0 Å². The molecule has 0 unspecified atom stereocenters. The lowest BCUT2D eigenvalue weighted by molar-refractivity contribution is 0.796. The Hall–Kier alpha value is -1.20. The van der Waals surface area contributed by atoms with Gasteiger partial charge in [0.15, 0.2) is 5.13 Å². The van der Waals surface area contributed by atoms with Crippen LogP contribution >= 0.6 is 11.3 Å². The highest BCUT2D eigenvalue weighted by Crippen LogP contribution is 2.16. The number of thiazole rings is 1. The maximum absolute atomic E-state index is 4.28. The van der Waals surface area contributed by atoms with Gasteiger partial charge in [-0.05, 0) is 14.0 Å². The maximum atomic E-state index is 4.28. The second-order valence-electron chi connectivity index (χ2n) is 3.06. The lowest BCUT2D eigenvalue weighted by Crippen LogP contribution is -2.04. The van der Waals surface area contributed by atoms with Gasteiger partial charge in [-0.15, -0.1) is 11.3 Å². The van der Waals surface area contributed by atoms with E-state index in [9.17, 15) is 0 Å². The van der Waals surface area contributed by atoms with E-state index >= 15 is 0 Å². The summed E-state index contributed by atoms with van der Waals surface area (Å²) < 4.78 is 1.95. The van der Waals surface area contributed by atoms with Gasteiger partial charge in [-0.1, -0.05) is 0 Å². The van der Waals surface area contributed by atoms with E-state index in [1.165, 1.54) is 4.88 Å². The number of rotatable bonds is 3.